The van der Waals surface area contributed by atoms with Gasteiger partial charge in [0.2, 0.25) is 0 Å². The van der Waals surface area contributed by atoms with Crippen molar-refractivity contribution >= 4 is 17.0 Å². The first-order chi connectivity index (χ1) is 10.2. The lowest BCUT2D eigenvalue weighted by Crippen LogP contribution is -2.34. The molecule has 3 N–H and O–H groups in total. The summed E-state index contributed by atoms with van der Waals surface area (Å²) in [5.74, 6) is 0.570. The fourth-order valence-electron chi connectivity index (χ4n) is 3.33. The second-order valence-corrected chi connectivity index (χ2v) is 6.09. The van der Waals surface area contributed by atoms with Gasteiger partial charge in [-0.15, -0.1) is 0 Å². The van der Waals surface area contributed by atoms with Crippen LogP contribution in [0.3, 0.4) is 0 Å². The smallest absolute Gasteiger partial charge is 0.410 e. The summed E-state index contributed by atoms with van der Waals surface area (Å²) in [5.41, 5.74) is 9.56. The van der Waals surface area contributed by atoms with Gasteiger partial charge in [0, 0.05) is 29.7 Å². The van der Waals surface area contributed by atoms with Gasteiger partial charge < -0.3 is 20.4 Å². The molecule has 5 heteroatoms. The van der Waals surface area contributed by atoms with E-state index in [1.165, 1.54) is 10.9 Å². The van der Waals surface area contributed by atoms with Gasteiger partial charge >= 0.3 is 6.09 Å². The molecule has 4 rings (SSSR count). The third-order valence-corrected chi connectivity index (χ3v) is 4.61. The van der Waals surface area contributed by atoms with Gasteiger partial charge in [-0.25, -0.2) is 4.79 Å². The predicted octanol–water partition coefficient (Wildman–Crippen LogP) is 2.32. The Morgan fingerprint density at radius 3 is 2.95 bits per heavy atom. The summed E-state index contributed by atoms with van der Waals surface area (Å²) >= 11 is 0. The van der Waals surface area contributed by atoms with E-state index < -0.39 is 0 Å². The highest BCUT2D eigenvalue weighted by Gasteiger charge is 2.29. The van der Waals surface area contributed by atoms with Crippen molar-refractivity contribution in [2.75, 3.05) is 13.2 Å². The second-order valence-electron chi connectivity index (χ2n) is 6.09. The Balaban J connectivity index is 1.62. The standard InChI is InChI=1S/C16H19N3O2/c17-12-6-11(7-12)14-8-18-15-2-1-10(5-13(14)15)9-19-3-4-21-16(19)20/h1-2,5,8,11-12,18H,3-4,6-7,9,17H2. The number of benzene rings is 1. The lowest BCUT2D eigenvalue weighted by molar-refractivity contribution is 0.157. The van der Waals surface area contributed by atoms with Crippen molar-refractivity contribution in [3.8, 4) is 0 Å². The summed E-state index contributed by atoms with van der Waals surface area (Å²) in [7, 11) is 0. The number of nitrogens with zero attached hydrogens (tertiary/aromatic N) is 1. The summed E-state index contributed by atoms with van der Waals surface area (Å²) in [6.07, 6.45) is 4.02. The molecule has 2 aromatic rings. The summed E-state index contributed by atoms with van der Waals surface area (Å²) in [6.45, 7) is 1.79. The zero-order valence-electron chi connectivity index (χ0n) is 11.8. The molecular formula is C16H19N3O2. The van der Waals surface area contributed by atoms with Gasteiger partial charge in [-0.1, -0.05) is 6.07 Å². The summed E-state index contributed by atoms with van der Waals surface area (Å²) < 4.78 is 4.98. The SMILES string of the molecule is NC1CC(c2c[nH]c3ccc(CN4CCOC4=O)cc23)C1. The molecule has 0 spiro atoms. The van der Waals surface area contributed by atoms with Crippen molar-refractivity contribution in [1.29, 1.82) is 0 Å². The number of carbonyl (C=O) groups is 1. The fraction of sp³-hybridized carbons (Fsp3) is 0.438. The van der Waals surface area contributed by atoms with Crippen LogP contribution >= 0.6 is 0 Å². The molecule has 1 amide bonds. The molecule has 1 aromatic heterocycles. The van der Waals surface area contributed by atoms with Gasteiger partial charge in [0.05, 0.1) is 6.54 Å². The minimum absolute atomic E-state index is 0.214. The van der Waals surface area contributed by atoms with Crippen molar-refractivity contribution in [2.45, 2.75) is 31.3 Å². The largest absolute Gasteiger partial charge is 0.448 e. The Bertz CT molecular complexity index is 688. The van der Waals surface area contributed by atoms with Crippen LogP contribution in [0.4, 0.5) is 4.79 Å². The van der Waals surface area contributed by atoms with E-state index in [1.54, 1.807) is 4.90 Å². The van der Waals surface area contributed by atoms with Crippen molar-refractivity contribution in [1.82, 2.24) is 9.88 Å². The first-order valence-electron chi connectivity index (χ1n) is 7.48. The summed E-state index contributed by atoms with van der Waals surface area (Å²) in [6, 6.07) is 6.70. The number of H-pyrrole nitrogens is 1. The number of fused-ring (bicyclic) bond motifs is 1. The van der Waals surface area contributed by atoms with Crippen LogP contribution in [0.25, 0.3) is 10.9 Å². The summed E-state index contributed by atoms with van der Waals surface area (Å²) in [5, 5.41) is 1.26. The minimum atomic E-state index is -0.214. The number of ether oxygens (including phenoxy) is 1. The Hall–Kier alpha value is -2.01. The Morgan fingerprint density at radius 1 is 1.38 bits per heavy atom. The molecule has 2 heterocycles. The molecule has 21 heavy (non-hydrogen) atoms. The van der Waals surface area contributed by atoms with E-state index in [1.807, 2.05) is 0 Å². The minimum Gasteiger partial charge on any atom is -0.448 e. The maximum atomic E-state index is 11.5. The third-order valence-electron chi connectivity index (χ3n) is 4.61. The molecule has 0 radical (unpaired) electrons. The highest BCUT2D eigenvalue weighted by molar-refractivity contribution is 5.84. The molecule has 1 saturated heterocycles. The molecule has 1 saturated carbocycles. The number of rotatable bonds is 3. The van der Waals surface area contributed by atoms with E-state index in [4.69, 9.17) is 10.5 Å². The molecule has 110 valence electrons. The number of nitrogens with one attached hydrogen (secondary N) is 1. The number of hydrogen-bond donors (Lipinski definition) is 2. The zero-order valence-corrected chi connectivity index (χ0v) is 11.8. The number of amides is 1. The van der Waals surface area contributed by atoms with Crippen molar-refractivity contribution < 1.29 is 9.53 Å². The van der Waals surface area contributed by atoms with Gasteiger partial charge in [0.15, 0.2) is 0 Å². The average Bonchev–Trinajstić information content (AvgIpc) is 3.02. The van der Waals surface area contributed by atoms with Crippen LogP contribution in [0.15, 0.2) is 24.4 Å². The van der Waals surface area contributed by atoms with Crippen LogP contribution in [-0.2, 0) is 11.3 Å². The fourth-order valence-corrected chi connectivity index (χ4v) is 3.33. The van der Waals surface area contributed by atoms with Crippen molar-refractivity contribution in [2.24, 2.45) is 5.73 Å². The first kappa shape index (κ1) is 12.7. The number of carbonyl (C=O) groups excluding carboxylic acids is 1. The number of cyclic esters (lactones) is 1. The van der Waals surface area contributed by atoms with Crippen LogP contribution in [0, 0.1) is 0 Å². The van der Waals surface area contributed by atoms with Crippen LogP contribution in [0.1, 0.15) is 29.9 Å². The normalized spacial score (nSPS) is 25.2. The topological polar surface area (TPSA) is 71.3 Å². The molecule has 0 bridgehead atoms. The van der Waals surface area contributed by atoms with E-state index in [9.17, 15) is 4.79 Å². The predicted molar refractivity (Wildman–Crippen MR) is 80.0 cm³/mol. The van der Waals surface area contributed by atoms with Crippen molar-refractivity contribution in [3.05, 3.63) is 35.5 Å². The maximum absolute atomic E-state index is 11.5. The van der Waals surface area contributed by atoms with E-state index in [-0.39, 0.29) is 6.09 Å². The van der Waals surface area contributed by atoms with Gasteiger partial charge in [0.25, 0.3) is 0 Å². The molecule has 2 fully saturated rings. The van der Waals surface area contributed by atoms with Gasteiger partial charge in [-0.05, 0) is 42.0 Å². The number of nitrogens with two attached hydrogens (primary N) is 1. The van der Waals surface area contributed by atoms with Crippen LogP contribution < -0.4 is 5.73 Å². The Kier molecular flexibility index (Phi) is 2.89. The van der Waals surface area contributed by atoms with Crippen LogP contribution in [0.5, 0.6) is 0 Å². The Labute approximate surface area is 123 Å². The molecule has 2 aliphatic rings. The lowest BCUT2D eigenvalue weighted by atomic mass is 9.76. The van der Waals surface area contributed by atoms with Crippen LogP contribution in [-0.4, -0.2) is 35.2 Å². The molecule has 1 aromatic carbocycles. The highest BCUT2D eigenvalue weighted by Crippen LogP contribution is 2.39. The zero-order chi connectivity index (χ0) is 14.4. The van der Waals surface area contributed by atoms with E-state index in [0.717, 1.165) is 23.9 Å². The number of hydrogen-bond acceptors (Lipinski definition) is 3. The average molecular weight is 285 g/mol. The number of aromatic amines is 1. The van der Waals surface area contributed by atoms with E-state index >= 15 is 0 Å². The quantitative estimate of drug-likeness (QED) is 0.909. The van der Waals surface area contributed by atoms with Gasteiger partial charge in [0.1, 0.15) is 6.61 Å². The first-order valence-corrected chi connectivity index (χ1v) is 7.48. The van der Waals surface area contributed by atoms with E-state index in [0.29, 0.717) is 31.7 Å². The summed E-state index contributed by atoms with van der Waals surface area (Å²) in [4.78, 5) is 16.6. The van der Waals surface area contributed by atoms with Crippen molar-refractivity contribution in [3.63, 3.8) is 0 Å². The maximum Gasteiger partial charge on any atom is 0.410 e. The lowest BCUT2D eigenvalue weighted by Gasteiger charge is -2.32. The molecular weight excluding hydrogens is 266 g/mol. The molecule has 0 unspecified atom stereocenters. The molecule has 1 aliphatic heterocycles. The molecule has 0 atom stereocenters. The Morgan fingerprint density at radius 2 is 2.24 bits per heavy atom. The third kappa shape index (κ3) is 2.17. The van der Waals surface area contributed by atoms with Gasteiger partial charge in [-0.3, -0.25) is 0 Å². The van der Waals surface area contributed by atoms with Crippen LogP contribution in [0.2, 0.25) is 0 Å². The second kappa shape index (κ2) is 4.77. The van der Waals surface area contributed by atoms with E-state index in [2.05, 4.69) is 29.4 Å². The monoisotopic (exact) mass is 285 g/mol. The molecule has 1 aliphatic carbocycles. The number of aromatic nitrogens is 1. The highest BCUT2D eigenvalue weighted by atomic mass is 16.6. The van der Waals surface area contributed by atoms with Gasteiger partial charge in [-0.2, -0.15) is 0 Å². The molecule has 5 nitrogen and oxygen atoms in total.